The first-order valence-electron chi connectivity index (χ1n) is 6.25. The number of halogens is 1. The Kier molecular flexibility index (Phi) is 6.40. The van der Waals surface area contributed by atoms with E-state index in [2.05, 4.69) is 24.4 Å². The van der Waals surface area contributed by atoms with Crippen LogP contribution in [0.3, 0.4) is 0 Å². The number of rotatable bonds is 5. The summed E-state index contributed by atoms with van der Waals surface area (Å²) in [5.41, 5.74) is 1.18. The maximum absolute atomic E-state index is 6.09. The monoisotopic (exact) mass is 277 g/mol. The van der Waals surface area contributed by atoms with Crippen molar-refractivity contribution >= 4 is 12.4 Å². The lowest BCUT2D eigenvalue weighted by atomic mass is 10.0. The highest BCUT2D eigenvalue weighted by atomic mass is 35.5. The van der Waals surface area contributed by atoms with Crippen molar-refractivity contribution in [2.24, 2.45) is 0 Å². The highest BCUT2D eigenvalue weighted by Gasteiger charge is 2.19. The summed E-state index contributed by atoms with van der Waals surface area (Å²) >= 11 is 0. The average molecular weight is 278 g/mol. The third-order valence-electron chi connectivity index (χ3n) is 3.04. The molecule has 2 aromatic carbocycles. The quantitative estimate of drug-likeness (QED) is 0.897. The smallest absolute Gasteiger partial charge is 0.139 e. The van der Waals surface area contributed by atoms with Crippen LogP contribution in [0.4, 0.5) is 0 Å². The maximum atomic E-state index is 6.09. The fourth-order valence-electron chi connectivity index (χ4n) is 1.90. The van der Waals surface area contributed by atoms with Gasteiger partial charge in [0.05, 0.1) is 0 Å². The van der Waals surface area contributed by atoms with E-state index in [1.165, 1.54) is 5.56 Å². The fraction of sp³-hybridized carbons (Fsp3) is 0.250. The lowest BCUT2D eigenvalue weighted by molar-refractivity contribution is 0.166. The Morgan fingerprint density at radius 2 is 1.42 bits per heavy atom. The van der Waals surface area contributed by atoms with Gasteiger partial charge in [-0.2, -0.15) is 0 Å². The topological polar surface area (TPSA) is 21.3 Å². The van der Waals surface area contributed by atoms with Crippen LogP contribution in [0.15, 0.2) is 60.7 Å². The molecule has 2 nitrogen and oxygen atoms in total. The summed E-state index contributed by atoms with van der Waals surface area (Å²) in [5.74, 6) is 0.897. The number of likely N-dealkylation sites (N-methyl/N-ethyl adjacent to an activating group) is 1. The molecule has 1 N–H and O–H groups in total. The van der Waals surface area contributed by atoms with E-state index >= 15 is 0 Å². The lowest BCUT2D eigenvalue weighted by Gasteiger charge is -2.25. The molecule has 0 spiro atoms. The molecule has 2 atom stereocenters. The summed E-state index contributed by atoms with van der Waals surface area (Å²) < 4.78 is 6.09. The van der Waals surface area contributed by atoms with E-state index in [0.29, 0.717) is 0 Å². The van der Waals surface area contributed by atoms with Crippen molar-refractivity contribution in [3.8, 4) is 5.75 Å². The maximum Gasteiger partial charge on any atom is 0.139 e. The molecule has 0 saturated heterocycles. The van der Waals surface area contributed by atoms with Crippen LogP contribution >= 0.6 is 12.4 Å². The van der Waals surface area contributed by atoms with Crippen molar-refractivity contribution in [2.45, 2.75) is 19.1 Å². The highest BCUT2D eigenvalue weighted by molar-refractivity contribution is 5.85. The second-order valence-corrected chi connectivity index (χ2v) is 4.34. The minimum absolute atomic E-state index is 0. The number of benzene rings is 2. The predicted molar refractivity (Wildman–Crippen MR) is 82.0 cm³/mol. The van der Waals surface area contributed by atoms with Gasteiger partial charge in [0.25, 0.3) is 0 Å². The second kappa shape index (κ2) is 7.82. The van der Waals surface area contributed by atoms with Crippen molar-refractivity contribution in [1.82, 2.24) is 5.32 Å². The van der Waals surface area contributed by atoms with Crippen LogP contribution in [0.1, 0.15) is 18.6 Å². The first-order chi connectivity index (χ1) is 8.81. The number of ether oxygens (including phenoxy) is 1. The average Bonchev–Trinajstić information content (AvgIpc) is 2.46. The number of hydrogen-bond donors (Lipinski definition) is 1. The van der Waals surface area contributed by atoms with Crippen LogP contribution in [0.5, 0.6) is 5.75 Å². The Hall–Kier alpha value is -1.51. The van der Waals surface area contributed by atoms with Gasteiger partial charge in [0, 0.05) is 6.04 Å². The first kappa shape index (κ1) is 15.5. The van der Waals surface area contributed by atoms with Gasteiger partial charge in [-0.3, -0.25) is 0 Å². The van der Waals surface area contributed by atoms with Gasteiger partial charge in [-0.1, -0.05) is 48.5 Å². The van der Waals surface area contributed by atoms with E-state index in [1.54, 1.807) is 0 Å². The molecule has 0 amide bonds. The molecule has 2 rings (SSSR count). The molecular weight excluding hydrogens is 258 g/mol. The van der Waals surface area contributed by atoms with Crippen molar-refractivity contribution in [3.05, 3.63) is 66.2 Å². The largest absolute Gasteiger partial charge is 0.484 e. The molecule has 0 aliphatic carbocycles. The minimum atomic E-state index is 0. The predicted octanol–water partition coefficient (Wildman–Crippen LogP) is 3.84. The van der Waals surface area contributed by atoms with E-state index in [1.807, 2.05) is 55.6 Å². The zero-order valence-corrected chi connectivity index (χ0v) is 12.1. The van der Waals surface area contributed by atoms with E-state index in [-0.39, 0.29) is 24.6 Å². The Balaban J connectivity index is 0.00000180. The third kappa shape index (κ3) is 4.27. The van der Waals surface area contributed by atoms with Gasteiger partial charge in [-0.05, 0) is 31.7 Å². The van der Waals surface area contributed by atoms with Gasteiger partial charge in [-0.15, -0.1) is 12.4 Å². The van der Waals surface area contributed by atoms with E-state index < -0.39 is 0 Å². The highest BCUT2D eigenvalue weighted by Crippen LogP contribution is 2.24. The summed E-state index contributed by atoms with van der Waals surface area (Å²) in [5, 5.41) is 3.26. The summed E-state index contributed by atoms with van der Waals surface area (Å²) in [6.07, 6.45) is 0.0126. The SMILES string of the molecule is CNC(C)C(Oc1ccccc1)c1ccccc1.Cl. The number of para-hydroxylation sites is 1. The molecule has 0 radical (unpaired) electrons. The Morgan fingerprint density at radius 3 is 1.95 bits per heavy atom. The van der Waals surface area contributed by atoms with Crippen molar-refractivity contribution in [2.75, 3.05) is 7.05 Å². The molecule has 2 unspecified atom stereocenters. The summed E-state index contributed by atoms with van der Waals surface area (Å²) in [7, 11) is 1.95. The van der Waals surface area contributed by atoms with Crippen LogP contribution < -0.4 is 10.1 Å². The van der Waals surface area contributed by atoms with Gasteiger partial charge >= 0.3 is 0 Å². The molecular formula is C16H20ClNO. The zero-order valence-electron chi connectivity index (χ0n) is 11.2. The van der Waals surface area contributed by atoms with Crippen LogP contribution in [0.25, 0.3) is 0 Å². The second-order valence-electron chi connectivity index (χ2n) is 4.34. The standard InChI is InChI=1S/C16H19NO.ClH/c1-13(17-2)16(14-9-5-3-6-10-14)18-15-11-7-4-8-12-15;/h3-13,16-17H,1-2H3;1H. The van der Waals surface area contributed by atoms with E-state index in [0.717, 1.165) is 5.75 Å². The molecule has 3 heteroatoms. The third-order valence-corrected chi connectivity index (χ3v) is 3.04. The van der Waals surface area contributed by atoms with Crippen LogP contribution in [-0.2, 0) is 0 Å². The fourth-order valence-corrected chi connectivity index (χ4v) is 1.90. The molecule has 0 bridgehead atoms. The minimum Gasteiger partial charge on any atom is -0.484 e. The lowest BCUT2D eigenvalue weighted by Crippen LogP contribution is -2.32. The Labute approximate surface area is 121 Å². The summed E-state index contributed by atoms with van der Waals surface area (Å²) in [4.78, 5) is 0. The van der Waals surface area contributed by atoms with Crippen molar-refractivity contribution in [3.63, 3.8) is 0 Å². The normalized spacial score (nSPS) is 13.2. The van der Waals surface area contributed by atoms with Crippen molar-refractivity contribution < 1.29 is 4.74 Å². The molecule has 0 aliphatic heterocycles. The van der Waals surface area contributed by atoms with E-state index in [9.17, 15) is 0 Å². The molecule has 0 fully saturated rings. The molecule has 0 aromatic heterocycles. The molecule has 0 aliphatic rings. The summed E-state index contributed by atoms with van der Waals surface area (Å²) in [6, 6.07) is 20.5. The van der Waals surface area contributed by atoms with Gasteiger partial charge in [0.15, 0.2) is 0 Å². The first-order valence-corrected chi connectivity index (χ1v) is 6.25. The van der Waals surface area contributed by atoms with Crippen LogP contribution in [-0.4, -0.2) is 13.1 Å². The van der Waals surface area contributed by atoms with Gasteiger partial charge in [0.1, 0.15) is 11.9 Å². The van der Waals surface area contributed by atoms with Gasteiger partial charge < -0.3 is 10.1 Å². The molecule has 0 heterocycles. The molecule has 0 saturated carbocycles. The van der Waals surface area contributed by atoms with Crippen LogP contribution in [0.2, 0.25) is 0 Å². The molecule has 2 aromatic rings. The molecule has 19 heavy (non-hydrogen) atoms. The Morgan fingerprint density at radius 1 is 0.895 bits per heavy atom. The summed E-state index contributed by atoms with van der Waals surface area (Å²) in [6.45, 7) is 2.13. The van der Waals surface area contributed by atoms with Gasteiger partial charge in [-0.25, -0.2) is 0 Å². The number of hydrogen-bond acceptors (Lipinski definition) is 2. The Bertz CT molecular complexity index is 461. The van der Waals surface area contributed by atoms with Gasteiger partial charge in [0.2, 0.25) is 0 Å². The number of nitrogens with one attached hydrogen (secondary N) is 1. The van der Waals surface area contributed by atoms with E-state index in [4.69, 9.17) is 4.74 Å². The molecule has 102 valence electrons. The van der Waals surface area contributed by atoms with Crippen LogP contribution in [0, 0.1) is 0 Å². The van der Waals surface area contributed by atoms with Crippen molar-refractivity contribution in [1.29, 1.82) is 0 Å². The zero-order chi connectivity index (χ0) is 12.8.